The number of carbonyl (C=O) groups is 2. The minimum Gasteiger partial charge on any atom is -0.496 e. The zero-order valence-electron chi connectivity index (χ0n) is 46.2. The average Bonchev–Trinajstić information content (AvgIpc) is 3.85. The standard InChI is InChI=1S/C26H43O7PSi.C21H32O5Si.C5H12BrO2P/c1-10-20(15-30-17-34(6,28)33-18(2)3)11-12-21-24(29-5)19(4)22-16-32-26(27)23(22)25(21)31-13-14-35(7,8)9;1-7-15(12-22)8-9-16-19(24-3)14(2)17-13-26-21(23)18(17)20(16)25-10-11-27(4,5)6;1-5(2)8-9(3,7)4-6/h11,18H,10,12-17H2,1-9H3;8,22H,7,9-13H2,1-6H3;5H,4H2,1-3H3/b20-11+;15-8+;. The molecule has 2 aliphatic heterocycles. The van der Waals surface area contributed by atoms with Crippen LogP contribution < -0.4 is 18.9 Å². The van der Waals surface area contributed by atoms with E-state index in [4.69, 9.17) is 42.2 Å². The third kappa shape index (κ3) is 20.8. The summed E-state index contributed by atoms with van der Waals surface area (Å²) in [5.74, 6) is 1.93. The van der Waals surface area contributed by atoms with E-state index in [2.05, 4.69) is 68.2 Å². The van der Waals surface area contributed by atoms with Gasteiger partial charge in [0.15, 0.2) is 0 Å². The summed E-state index contributed by atoms with van der Waals surface area (Å²) in [5.41, 5.74) is 8.27. The van der Waals surface area contributed by atoms with E-state index in [1.807, 2.05) is 54.5 Å². The quantitative estimate of drug-likeness (QED) is 0.0310. The monoisotopic (exact) mass is 1130 g/mol. The predicted octanol–water partition coefficient (Wildman–Crippen LogP) is 13.5. The Morgan fingerprint density at radius 2 is 1.08 bits per heavy atom. The third-order valence-corrected chi connectivity index (χ3v) is 20.4. The molecule has 2 heterocycles. The number of hydrogen-bond acceptors (Lipinski definition) is 14. The van der Waals surface area contributed by atoms with Crippen LogP contribution in [0.25, 0.3) is 0 Å². The molecule has 4 rings (SSSR count). The topological polar surface area (TPSA) is 172 Å². The lowest BCUT2D eigenvalue weighted by Gasteiger charge is -2.21. The maximum atomic E-state index is 12.6. The zero-order chi connectivity index (χ0) is 54.1. The Kier molecular flexibility index (Phi) is 26.7. The first-order chi connectivity index (χ1) is 33.0. The number of rotatable bonds is 26. The highest BCUT2D eigenvalue weighted by Crippen LogP contribution is 2.47. The van der Waals surface area contributed by atoms with Crippen LogP contribution in [0.15, 0.2) is 23.3 Å². The van der Waals surface area contributed by atoms with Crippen LogP contribution in [0.1, 0.15) is 108 Å². The number of carbonyl (C=O) groups excluding carboxylic acids is 2. The maximum absolute atomic E-state index is 12.6. The molecule has 0 bridgehead atoms. The summed E-state index contributed by atoms with van der Waals surface area (Å²) in [7, 11) is -4.42. The Balaban J connectivity index is 0.000000424. The molecule has 0 saturated heterocycles. The number of aliphatic hydroxyl groups excluding tert-OH is 1. The summed E-state index contributed by atoms with van der Waals surface area (Å²) in [6.45, 7) is 34.4. The van der Waals surface area contributed by atoms with E-state index in [0.29, 0.717) is 60.4 Å². The van der Waals surface area contributed by atoms with Crippen molar-refractivity contribution in [3.05, 3.63) is 67.8 Å². The SMILES string of the molecule is CC(C)OP(C)(=O)CBr.CC/C(=C\Cc1c(OC)c(C)c2c(c1OCC[Si](C)(C)C)C(=O)OC2)CO.CC/C(=C\Cc1c(OC)c(C)c2c(c1OCC[Si](C)(C)C)C(=O)OC2)COCP(C)(=O)OC(C)C. The van der Waals surface area contributed by atoms with Crippen molar-refractivity contribution < 1.29 is 66.0 Å². The second-order valence-corrected chi connectivity index (χ2v) is 38.8. The Hall–Kier alpha value is -2.73. The molecule has 71 heavy (non-hydrogen) atoms. The van der Waals surface area contributed by atoms with Gasteiger partial charge >= 0.3 is 11.9 Å². The van der Waals surface area contributed by atoms with Gasteiger partial charge in [-0.05, 0) is 102 Å². The highest BCUT2D eigenvalue weighted by atomic mass is 79.9. The molecular weight excluding hydrogens is 1050 g/mol. The van der Waals surface area contributed by atoms with Gasteiger partial charge in [0.25, 0.3) is 0 Å². The fourth-order valence-corrected chi connectivity index (χ4v) is 11.8. The molecule has 2 atom stereocenters. The van der Waals surface area contributed by atoms with Crippen LogP contribution in [0.5, 0.6) is 23.0 Å². The number of esters is 2. The Morgan fingerprint density at radius 3 is 1.41 bits per heavy atom. The first-order valence-corrected chi connectivity index (χ1v) is 37.7. The largest absolute Gasteiger partial charge is 0.496 e. The number of allylic oxidation sites excluding steroid dienone is 2. The van der Waals surface area contributed by atoms with Gasteiger partial charge in [-0.15, -0.1) is 0 Å². The third-order valence-electron chi connectivity index (χ3n) is 11.4. The first-order valence-electron chi connectivity index (χ1n) is 24.6. The van der Waals surface area contributed by atoms with Crippen molar-refractivity contribution in [2.45, 2.75) is 158 Å². The van der Waals surface area contributed by atoms with E-state index in [1.54, 1.807) is 27.5 Å². The zero-order valence-corrected chi connectivity index (χ0v) is 51.6. The Bertz CT molecular complexity index is 2260. The van der Waals surface area contributed by atoms with Crippen molar-refractivity contribution in [2.75, 3.05) is 65.4 Å². The number of hydrogen-bond donors (Lipinski definition) is 1. The molecule has 0 spiro atoms. The van der Waals surface area contributed by atoms with Gasteiger partial charge in [0, 0.05) is 51.7 Å². The molecule has 0 fully saturated rings. The highest BCUT2D eigenvalue weighted by Gasteiger charge is 2.35. The molecule has 14 nitrogen and oxygen atoms in total. The average molecular weight is 1130 g/mol. The van der Waals surface area contributed by atoms with E-state index < -0.39 is 30.9 Å². The fourth-order valence-electron chi connectivity index (χ4n) is 7.67. The summed E-state index contributed by atoms with van der Waals surface area (Å²) in [5, 5.41) is 9.92. The number of methoxy groups -OCH3 is 2. The summed E-state index contributed by atoms with van der Waals surface area (Å²) in [6, 6.07) is 1.98. The number of ether oxygens (including phenoxy) is 7. The predicted molar refractivity (Wildman–Crippen MR) is 296 cm³/mol. The van der Waals surface area contributed by atoms with E-state index in [-0.39, 0.29) is 50.3 Å². The second kappa shape index (κ2) is 29.4. The minimum absolute atomic E-state index is 0.0244. The van der Waals surface area contributed by atoms with Crippen LogP contribution >= 0.6 is 30.7 Å². The minimum atomic E-state index is -2.80. The van der Waals surface area contributed by atoms with Gasteiger partial charge in [0.1, 0.15) is 53.7 Å². The van der Waals surface area contributed by atoms with Crippen LogP contribution in [0.3, 0.4) is 0 Å². The van der Waals surface area contributed by atoms with Crippen LogP contribution in [0, 0.1) is 13.8 Å². The number of benzene rings is 2. The van der Waals surface area contributed by atoms with Gasteiger partial charge in [0.05, 0.1) is 57.9 Å². The molecule has 0 aliphatic carbocycles. The highest BCUT2D eigenvalue weighted by molar-refractivity contribution is 9.10. The van der Waals surface area contributed by atoms with E-state index in [0.717, 1.165) is 81.0 Å². The lowest BCUT2D eigenvalue weighted by atomic mass is 9.94. The van der Waals surface area contributed by atoms with Crippen molar-refractivity contribution in [1.82, 2.24) is 0 Å². The summed E-state index contributed by atoms with van der Waals surface area (Å²) >= 11 is 3.11. The van der Waals surface area contributed by atoms with E-state index in [1.165, 1.54) is 0 Å². The van der Waals surface area contributed by atoms with Gasteiger partial charge in [-0.25, -0.2) is 9.59 Å². The first kappa shape index (κ1) is 64.4. The Morgan fingerprint density at radius 1 is 0.690 bits per heavy atom. The number of cyclic esters (lactones) is 2. The molecular formula is C52H87BrO14P2Si2. The molecule has 0 amide bonds. The number of fused-ring (bicyclic) bond motifs is 2. The fraction of sp³-hybridized carbons (Fsp3) is 0.654. The molecule has 19 heteroatoms. The van der Waals surface area contributed by atoms with Gasteiger partial charge in [-0.3, -0.25) is 9.13 Å². The summed E-state index contributed by atoms with van der Waals surface area (Å²) in [6.07, 6.45) is 6.70. The van der Waals surface area contributed by atoms with Gasteiger partial charge in [-0.1, -0.05) is 81.2 Å². The number of alkyl halides is 1. The molecule has 2 unspecified atom stereocenters. The van der Waals surface area contributed by atoms with Crippen molar-refractivity contribution in [1.29, 1.82) is 0 Å². The molecule has 404 valence electrons. The van der Waals surface area contributed by atoms with Gasteiger partial charge in [-0.2, -0.15) is 0 Å². The van der Waals surface area contributed by atoms with Crippen molar-refractivity contribution in [3.8, 4) is 23.0 Å². The molecule has 0 saturated carbocycles. The van der Waals surface area contributed by atoms with E-state index in [9.17, 15) is 23.8 Å². The number of aliphatic hydroxyl groups is 1. The van der Waals surface area contributed by atoms with Crippen LogP contribution in [0.4, 0.5) is 0 Å². The van der Waals surface area contributed by atoms with E-state index >= 15 is 0 Å². The van der Waals surface area contributed by atoms with Crippen LogP contribution in [0.2, 0.25) is 51.4 Å². The molecule has 1 N–H and O–H groups in total. The molecule has 2 aliphatic rings. The van der Waals surface area contributed by atoms with Crippen LogP contribution in [-0.2, 0) is 58.4 Å². The van der Waals surface area contributed by atoms with Gasteiger partial charge in [0.2, 0.25) is 14.7 Å². The Labute approximate surface area is 436 Å². The molecule has 2 aromatic rings. The second-order valence-electron chi connectivity index (χ2n) is 21.0. The lowest BCUT2D eigenvalue weighted by molar-refractivity contribution is 0.0522. The molecule has 2 aromatic carbocycles. The van der Waals surface area contributed by atoms with Crippen molar-refractivity contribution >= 4 is 58.8 Å². The number of halogens is 1. The van der Waals surface area contributed by atoms with Crippen molar-refractivity contribution in [3.63, 3.8) is 0 Å². The molecule has 0 aromatic heterocycles. The maximum Gasteiger partial charge on any atom is 0.342 e. The summed E-state index contributed by atoms with van der Waals surface area (Å²) < 4.78 is 74.6. The molecule has 0 radical (unpaired) electrons. The van der Waals surface area contributed by atoms with Crippen LogP contribution in [-0.4, -0.2) is 111 Å². The smallest absolute Gasteiger partial charge is 0.342 e. The van der Waals surface area contributed by atoms with Gasteiger partial charge < -0.3 is 47.3 Å². The lowest BCUT2D eigenvalue weighted by Crippen LogP contribution is -2.23. The van der Waals surface area contributed by atoms with Crippen molar-refractivity contribution in [2.24, 2.45) is 0 Å². The normalized spacial score (nSPS) is 15.4. The summed E-state index contributed by atoms with van der Waals surface area (Å²) in [4.78, 5) is 25.1.